The predicted octanol–water partition coefficient (Wildman–Crippen LogP) is 8.63. The number of benzene rings is 4. The Hall–Kier alpha value is -9.61. The van der Waals surface area contributed by atoms with Crippen molar-refractivity contribution in [3.05, 3.63) is 166 Å². The van der Waals surface area contributed by atoms with Gasteiger partial charge in [0.2, 0.25) is 35.4 Å². The molecule has 6 aliphatic heterocycles. The fraction of sp³-hybridized carbons (Fsp3) is 0.379. The molecule has 0 radical (unpaired) electrons. The summed E-state index contributed by atoms with van der Waals surface area (Å²) in [6.45, 7) is 15.3. The molecule has 6 aliphatic rings. The third kappa shape index (κ3) is 9.42. The summed E-state index contributed by atoms with van der Waals surface area (Å²) < 4.78 is 48.1. The Bertz CT molecular complexity index is 4180. The Labute approximate surface area is 510 Å². The number of anilines is 2. The normalized spacial score (nSPS) is 23.7. The number of aliphatic hydroxyl groups is 1. The topological polar surface area (TPSA) is 321 Å². The number of nitrogens with one attached hydrogen (secondary N) is 4. The molecule has 23 nitrogen and oxygen atoms in total. The second-order valence-electron chi connectivity index (χ2n) is 25.9. The van der Waals surface area contributed by atoms with Gasteiger partial charge in [-0.1, -0.05) is 116 Å². The van der Waals surface area contributed by atoms with Crippen LogP contribution in [0.15, 0.2) is 115 Å². The van der Waals surface area contributed by atoms with Gasteiger partial charge in [0.1, 0.15) is 53.0 Å². The zero-order valence-electron chi connectivity index (χ0n) is 50.6. The summed E-state index contributed by atoms with van der Waals surface area (Å²) in [7, 11) is 2.53. The number of aliphatic hydroxyl groups excluding tert-OH is 1. The number of para-hydroxylation sites is 2. The highest BCUT2D eigenvalue weighted by Gasteiger charge is 2.63. The zero-order valence-corrected chi connectivity index (χ0v) is 50.6. The lowest BCUT2D eigenvalue weighted by Gasteiger charge is -2.32. The van der Waals surface area contributed by atoms with E-state index >= 15 is 0 Å². The number of hydrogen-bond acceptors (Lipinski definition) is 21. The van der Waals surface area contributed by atoms with E-state index in [0.717, 1.165) is 44.8 Å². The molecule has 2 spiro atoms. The summed E-state index contributed by atoms with van der Waals surface area (Å²) in [6.07, 6.45) is 0.417. The molecule has 9 atom stereocenters. The summed E-state index contributed by atoms with van der Waals surface area (Å²) in [5.41, 5.74) is 10.5. The van der Waals surface area contributed by atoms with Gasteiger partial charge in [-0.05, 0) is 76.1 Å². The minimum absolute atomic E-state index is 0.00748. The highest BCUT2D eigenvalue weighted by atomic mass is 16.5. The van der Waals surface area contributed by atoms with E-state index in [1.54, 1.807) is 13.8 Å². The number of fused-ring (bicyclic) bond motifs is 8. The summed E-state index contributed by atoms with van der Waals surface area (Å²) in [6, 6.07) is 25.1. The Balaban J connectivity index is 0.000000166. The van der Waals surface area contributed by atoms with E-state index in [-0.39, 0.29) is 76.9 Å². The van der Waals surface area contributed by atoms with E-state index in [1.807, 2.05) is 126 Å². The quantitative estimate of drug-likeness (QED) is 0.0775. The number of hydrogen-bond donors (Lipinski definition) is 6. The van der Waals surface area contributed by atoms with Gasteiger partial charge >= 0.3 is 11.9 Å². The van der Waals surface area contributed by atoms with Crippen LogP contribution in [0.2, 0.25) is 0 Å². The minimum Gasteiger partial charge on any atom is -0.469 e. The predicted molar refractivity (Wildman–Crippen MR) is 318 cm³/mol. The van der Waals surface area contributed by atoms with Crippen LogP contribution in [0.4, 0.5) is 11.4 Å². The number of ketones is 1. The molecule has 7 N–H and O–H groups in total. The Morgan fingerprint density at radius 3 is 1.53 bits per heavy atom. The molecule has 2 amide bonds. The van der Waals surface area contributed by atoms with Crippen LogP contribution in [0.1, 0.15) is 152 Å². The van der Waals surface area contributed by atoms with Gasteiger partial charge in [0.25, 0.3) is 0 Å². The molecular weight excluding hydrogens is 1140 g/mol. The number of oxazole rings is 4. The molecule has 23 heteroatoms. The summed E-state index contributed by atoms with van der Waals surface area (Å²) >= 11 is 0. The van der Waals surface area contributed by atoms with Crippen molar-refractivity contribution in [2.75, 3.05) is 24.9 Å². The number of methoxy groups -OCH3 is 2. The van der Waals surface area contributed by atoms with Crippen molar-refractivity contribution < 1.29 is 65.7 Å². The maximum absolute atomic E-state index is 14.2. The third-order valence-electron chi connectivity index (χ3n) is 17.6. The van der Waals surface area contributed by atoms with Crippen LogP contribution in [0.25, 0.3) is 23.2 Å². The number of ether oxygens (including phenoxy) is 4. The van der Waals surface area contributed by atoms with Gasteiger partial charge in [-0.25, -0.2) is 29.5 Å². The SMILES string of the molecule is COC(=O)c1coc(-c2nc3oc2C24c5ccccc5N[C@@H]2Oc2ccc(cc24)CC(CC(=O)C(O)C(C)C)C(=O)NC3C(C)(C)C)n1.COC(=O)c1coc(-c2nc3oc2C24c5ccccc5N[C@@H]2Oc2ccc(cc24)CC(N)C(=O)NC3C(C)(C)C)n1. The highest BCUT2D eigenvalue weighted by Crippen LogP contribution is 2.61. The van der Waals surface area contributed by atoms with Gasteiger partial charge in [-0.3, -0.25) is 14.4 Å². The minimum atomic E-state index is -1.19. The average Bonchev–Trinajstić information content (AvgIpc) is 1.54. The van der Waals surface area contributed by atoms with Crippen molar-refractivity contribution in [3.8, 4) is 34.7 Å². The lowest BCUT2D eigenvalue weighted by molar-refractivity contribution is -0.135. The molecule has 0 saturated carbocycles. The van der Waals surface area contributed by atoms with Gasteiger partial charge in [-0.15, -0.1) is 0 Å². The second-order valence-corrected chi connectivity index (χ2v) is 25.9. The maximum Gasteiger partial charge on any atom is 0.360 e. The molecule has 89 heavy (non-hydrogen) atoms. The first-order valence-corrected chi connectivity index (χ1v) is 29.4. The first-order valence-electron chi connectivity index (χ1n) is 29.4. The Morgan fingerprint density at radius 1 is 0.629 bits per heavy atom. The van der Waals surface area contributed by atoms with Gasteiger partial charge in [0, 0.05) is 34.8 Å². The van der Waals surface area contributed by atoms with E-state index in [9.17, 15) is 29.1 Å². The third-order valence-corrected chi connectivity index (χ3v) is 17.6. The number of carbonyl (C=O) groups is 5. The standard InChI is InChI=1S/C36H38N4O8.C30H29N5O6/c1-17(2)27(42)24(41)15-19-13-18-11-12-25-21(14-18)36(20-9-7-8-10-22(20)38-34(36)47-25)29-26(31-37-23(16-46-31)33(44)45-6)39-32(48-29)28(35(3,4)5)40-30(19)43;1-29(2,3)22-26-34-21(25-32-19(13-39-25)27(37)38-4)23(41-26)30-15-7-5-6-8-18(15)33-28(30)40-20-10-9-14(11-16(20)30)12-17(31)24(36)35-22/h7-12,14,16-17,19,27-28,34,38,42H,13,15H2,1-6H3,(H,40,43);5-11,13,17,22,28,33H,12,31H2,1-4H3,(H,35,36)/t19?,27?,28?,34-,36?;17?,22?,28-,30?/m11/s1. The van der Waals surface area contributed by atoms with Crippen molar-refractivity contribution in [1.82, 2.24) is 30.6 Å². The Morgan fingerprint density at radius 2 is 1.08 bits per heavy atom. The lowest BCUT2D eigenvalue weighted by Crippen LogP contribution is -2.46. The maximum atomic E-state index is 14.2. The fourth-order valence-corrected chi connectivity index (χ4v) is 13.0. The van der Waals surface area contributed by atoms with Gasteiger partial charge < -0.3 is 68.7 Å². The van der Waals surface area contributed by atoms with Crippen molar-refractivity contribution in [2.45, 2.75) is 122 Å². The van der Waals surface area contributed by atoms with E-state index in [0.29, 0.717) is 29.4 Å². The van der Waals surface area contributed by atoms with Crippen LogP contribution in [0, 0.1) is 22.7 Å². The van der Waals surface area contributed by atoms with E-state index in [1.165, 1.54) is 26.7 Å². The molecule has 460 valence electrons. The monoisotopic (exact) mass is 1210 g/mol. The van der Waals surface area contributed by atoms with Crippen molar-refractivity contribution in [2.24, 2.45) is 28.4 Å². The molecule has 0 saturated heterocycles. The molecular formula is C66H67N9O14. The van der Waals surface area contributed by atoms with E-state index < -0.39 is 82.0 Å². The van der Waals surface area contributed by atoms with Crippen LogP contribution < -0.4 is 36.5 Å². The molecule has 7 unspecified atom stereocenters. The number of aromatic nitrogens is 4. The Kier molecular flexibility index (Phi) is 14.0. The average molecular weight is 1210 g/mol. The van der Waals surface area contributed by atoms with Crippen LogP contribution in [0.5, 0.6) is 11.5 Å². The summed E-state index contributed by atoms with van der Waals surface area (Å²) in [5, 5.41) is 23.8. The van der Waals surface area contributed by atoms with Crippen LogP contribution in [-0.2, 0) is 47.5 Å². The molecule has 0 aliphatic carbocycles. The first-order chi connectivity index (χ1) is 42.4. The molecule has 0 fully saturated rings. The molecule has 8 bridgehead atoms. The molecule has 14 rings (SSSR count). The number of nitrogens with zero attached hydrogens (tertiary/aromatic N) is 4. The summed E-state index contributed by atoms with van der Waals surface area (Å²) in [4.78, 5) is 84.1. The highest BCUT2D eigenvalue weighted by molar-refractivity contribution is 5.91. The molecule has 4 aromatic carbocycles. The van der Waals surface area contributed by atoms with Crippen molar-refractivity contribution >= 4 is 40.9 Å². The summed E-state index contributed by atoms with van der Waals surface area (Å²) in [5.74, 6) is -0.910. The zero-order chi connectivity index (χ0) is 62.8. The van der Waals surface area contributed by atoms with Gasteiger partial charge in [-0.2, -0.15) is 0 Å². The molecule has 8 aromatic rings. The van der Waals surface area contributed by atoms with E-state index in [2.05, 4.69) is 31.2 Å². The smallest absolute Gasteiger partial charge is 0.360 e. The number of nitrogens with two attached hydrogens (primary N) is 1. The van der Waals surface area contributed by atoms with Gasteiger partial charge in [0.05, 0.1) is 20.3 Å². The van der Waals surface area contributed by atoms with Crippen LogP contribution in [0.3, 0.4) is 0 Å². The first kappa shape index (κ1) is 58.4. The largest absolute Gasteiger partial charge is 0.469 e. The number of amides is 2. The van der Waals surface area contributed by atoms with Crippen LogP contribution in [-0.4, -0.2) is 93.4 Å². The van der Waals surface area contributed by atoms with Crippen molar-refractivity contribution in [3.63, 3.8) is 0 Å². The van der Waals surface area contributed by atoms with Crippen LogP contribution >= 0.6 is 0 Å². The molecule has 4 aromatic heterocycles. The molecule has 10 heterocycles. The number of esters is 2. The fourth-order valence-electron chi connectivity index (χ4n) is 13.0. The number of Topliss-reactive ketones (excluding diaryl/α,β-unsaturated/α-hetero) is 1. The number of rotatable bonds is 8. The van der Waals surface area contributed by atoms with Crippen molar-refractivity contribution in [1.29, 1.82) is 0 Å². The van der Waals surface area contributed by atoms with E-state index in [4.69, 9.17) is 52.3 Å². The number of carbonyl (C=O) groups excluding carboxylic acids is 5. The lowest BCUT2D eigenvalue weighted by atomic mass is 9.72. The van der Waals surface area contributed by atoms with Gasteiger partial charge in [0.15, 0.2) is 52.5 Å². The second kappa shape index (κ2) is 21.3.